The minimum atomic E-state index is 0.780. The van der Waals surface area contributed by atoms with Crippen LogP contribution in [-0.2, 0) is 0 Å². The van der Waals surface area contributed by atoms with Crippen molar-refractivity contribution in [3.63, 3.8) is 0 Å². The van der Waals surface area contributed by atoms with Gasteiger partial charge in [0.2, 0.25) is 0 Å². The highest BCUT2D eigenvalue weighted by atomic mass is 14.9. The molecular weight excluding hydrogens is 170 g/mol. The molecule has 1 aliphatic rings. The molecule has 0 radical (unpaired) electrons. The zero-order valence-electron chi connectivity index (χ0n) is 8.87. The van der Waals surface area contributed by atoms with Crippen molar-refractivity contribution in [2.75, 3.05) is 13.1 Å². The smallest absolute Gasteiger partial charge is 0.00148 e. The molecule has 14 heavy (non-hydrogen) atoms. The summed E-state index contributed by atoms with van der Waals surface area (Å²) in [5, 5.41) is 3.49. The molecule has 0 unspecified atom stereocenters. The third-order valence-electron chi connectivity index (χ3n) is 3.36. The summed E-state index contributed by atoms with van der Waals surface area (Å²) in [6.45, 7) is 4.67. The van der Waals surface area contributed by atoms with Crippen LogP contribution >= 0.6 is 0 Å². The Morgan fingerprint density at radius 3 is 2.79 bits per heavy atom. The van der Waals surface area contributed by atoms with Gasteiger partial charge in [-0.15, -0.1) is 0 Å². The quantitative estimate of drug-likeness (QED) is 0.754. The highest BCUT2D eigenvalue weighted by Crippen LogP contribution is 2.31. The Morgan fingerprint density at radius 2 is 2.07 bits per heavy atom. The van der Waals surface area contributed by atoms with Gasteiger partial charge in [0.1, 0.15) is 0 Å². The Kier molecular flexibility index (Phi) is 3.20. The molecule has 2 atom stereocenters. The van der Waals surface area contributed by atoms with Gasteiger partial charge < -0.3 is 5.32 Å². The maximum atomic E-state index is 3.49. The van der Waals surface area contributed by atoms with Crippen LogP contribution in [0.3, 0.4) is 0 Å². The first-order valence-electron chi connectivity index (χ1n) is 5.67. The van der Waals surface area contributed by atoms with Crippen molar-refractivity contribution in [1.29, 1.82) is 0 Å². The van der Waals surface area contributed by atoms with E-state index in [9.17, 15) is 0 Å². The third kappa shape index (κ3) is 1.98. The lowest BCUT2D eigenvalue weighted by atomic mass is 9.80. The topological polar surface area (TPSA) is 12.0 Å². The van der Waals surface area contributed by atoms with Crippen molar-refractivity contribution in [2.24, 2.45) is 5.92 Å². The van der Waals surface area contributed by atoms with Crippen LogP contribution in [0.4, 0.5) is 0 Å². The van der Waals surface area contributed by atoms with Gasteiger partial charge >= 0.3 is 0 Å². The van der Waals surface area contributed by atoms with Gasteiger partial charge in [-0.25, -0.2) is 0 Å². The molecule has 2 rings (SSSR count). The molecule has 1 heteroatoms. The summed E-state index contributed by atoms with van der Waals surface area (Å²) in [6, 6.07) is 11.0. The van der Waals surface area contributed by atoms with Crippen LogP contribution in [-0.4, -0.2) is 13.1 Å². The van der Waals surface area contributed by atoms with E-state index in [4.69, 9.17) is 0 Å². The van der Waals surface area contributed by atoms with Crippen molar-refractivity contribution in [3.05, 3.63) is 35.9 Å². The van der Waals surface area contributed by atoms with Gasteiger partial charge in [0.15, 0.2) is 0 Å². The van der Waals surface area contributed by atoms with Gasteiger partial charge in [0.05, 0.1) is 0 Å². The number of piperidine rings is 1. The fraction of sp³-hybridized carbons (Fsp3) is 0.538. The van der Waals surface area contributed by atoms with Crippen LogP contribution in [0, 0.1) is 5.92 Å². The van der Waals surface area contributed by atoms with Crippen LogP contribution in [0.5, 0.6) is 0 Å². The molecule has 1 fully saturated rings. The van der Waals surface area contributed by atoms with Crippen LogP contribution in [0.15, 0.2) is 30.3 Å². The summed E-state index contributed by atoms with van der Waals surface area (Å²) in [5.41, 5.74) is 1.53. The molecule has 1 aliphatic heterocycles. The van der Waals surface area contributed by atoms with E-state index in [1.165, 1.54) is 31.5 Å². The summed E-state index contributed by atoms with van der Waals surface area (Å²) in [7, 11) is 0. The first kappa shape index (κ1) is 9.72. The first-order chi connectivity index (χ1) is 6.92. The second-order valence-electron chi connectivity index (χ2n) is 4.18. The summed E-state index contributed by atoms with van der Waals surface area (Å²) >= 11 is 0. The van der Waals surface area contributed by atoms with Crippen molar-refractivity contribution in [2.45, 2.75) is 25.7 Å². The maximum Gasteiger partial charge on any atom is -0.00148 e. The number of hydrogen-bond acceptors (Lipinski definition) is 1. The van der Waals surface area contributed by atoms with Crippen molar-refractivity contribution in [3.8, 4) is 0 Å². The van der Waals surface area contributed by atoms with E-state index >= 15 is 0 Å². The number of benzene rings is 1. The molecule has 76 valence electrons. The van der Waals surface area contributed by atoms with Gasteiger partial charge in [-0.05, 0) is 36.9 Å². The number of hydrogen-bond donors (Lipinski definition) is 1. The Labute approximate surface area is 86.5 Å². The van der Waals surface area contributed by atoms with Crippen molar-refractivity contribution in [1.82, 2.24) is 5.32 Å². The fourth-order valence-electron chi connectivity index (χ4n) is 2.49. The van der Waals surface area contributed by atoms with Gasteiger partial charge in [0, 0.05) is 0 Å². The lowest BCUT2D eigenvalue weighted by Gasteiger charge is -2.31. The van der Waals surface area contributed by atoms with Gasteiger partial charge in [-0.1, -0.05) is 43.7 Å². The molecule has 1 nitrogen and oxygen atoms in total. The van der Waals surface area contributed by atoms with E-state index in [0.29, 0.717) is 0 Å². The standard InChI is InChI=1S/C13H19N/c1-2-11-10-14-9-8-13(11)12-6-4-3-5-7-12/h3-7,11,13-14H,2,8-10H2,1H3/t11-,13-/m0/s1. The Morgan fingerprint density at radius 1 is 1.29 bits per heavy atom. The van der Waals surface area contributed by atoms with E-state index < -0.39 is 0 Å². The molecule has 0 saturated carbocycles. The zero-order valence-corrected chi connectivity index (χ0v) is 8.87. The highest BCUT2D eigenvalue weighted by molar-refractivity contribution is 5.21. The molecular formula is C13H19N. The monoisotopic (exact) mass is 189 g/mol. The van der Waals surface area contributed by atoms with Gasteiger partial charge in [-0.3, -0.25) is 0 Å². The molecule has 0 spiro atoms. The minimum Gasteiger partial charge on any atom is -0.316 e. The fourth-order valence-corrected chi connectivity index (χ4v) is 2.49. The molecule has 0 amide bonds. The molecule has 1 N–H and O–H groups in total. The lowest BCUT2D eigenvalue weighted by molar-refractivity contribution is 0.318. The van der Waals surface area contributed by atoms with E-state index in [2.05, 4.69) is 42.6 Å². The predicted molar refractivity (Wildman–Crippen MR) is 60.5 cm³/mol. The first-order valence-corrected chi connectivity index (χ1v) is 5.67. The molecule has 1 saturated heterocycles. The molecule has 0 bridgehead atoms. The van der Waals surface area contributed by atoms with Crippen LogP contribution in [0.2, 0.25) is 0 Å². The summed E-state index contributed by atoms with van der Waals surface area (Å²) in [4.78, 5) is 0. The van der Waals surface area contributed by atoms with E-state index in [1.54, 1.807) is 0 Å². The average molecular weight is 189 g/mol. The predicted octanol–water partition coefficient (Wildman–Crippen LogP) is 2.79. The Bertz CT molecular complexity index is 268. The second kappa shape index (κ2) is 4.61. The molecule has 0 aromatic heterocycles. The maximum absolute atomic E-state index is 3.49. The van der Waals surface area contributed by atoms with E-state index in [-0.39, 0.29) is 0 Å². The highest BCUT2D eigenvalue weighted by Gasteiger charge is 2.24. The largest absolute Gasteiger partial charge is 0.316 e. The SMILES string of the molecule is CC[C@H]1CNCC[C@@H]1c1ccccc1. The minimum absolute atomic E-state index is 0.780. The number of nitrogens with one attached hydrogen (secondary N) is 1. The molecule has 1 heterocycles. The second-order valence-corrected chi connectivity index (χ2v) is 4.18. The lowest BCUT2D eigenvalue weighted by Crippen LogP contribution is -2.35. The van der Waals surface area contributed by atoms with Crippen LogP contribution in [0.25, 0.3) is 0 Å². The zero-order chi connectivity index (χ0) is 9.80. The molecule has 0 aliphatic carbocycles. The summed E-state index contributed by atoms with van der Waals surface area (Å²) in [5.74, 6) is 1.61. The third-order valence-corrected chi connectivity index (χ3v) is 3.36. The van der Waals surface area contributed by atoms with Crippen molar-refractivity contribution < 1.29 is 0 Å². The Balaban J connectivity index is 2.15. The van der Waals surface area contributed by atoms with Crippen LogP contribution in [0.1, 0.15) is 31.2 Å². The van der Waals surface area contributed by atoms with Crippen LogP contribution < -0.4 is 5.32 Å². The number of rotatable bonds is 2. The summed E-state index contributed by atoms with van der Waals surface area (Å²) < 4.78 is 0. The van der Waals surface area contributed by atoms with Crippen molar-refractivity contribution >= 4 is 0 Å². The normalized spacial score (nSPS) is 27.5. The molecule has 1 aromatic rings. The molecule has 1 aromatic carbocycles. The van der Waals surface area contributed by atoms with E-state index in [1.807, 2.05) is 0 Å². The van der Waals surface area contributed by atoms with Gasteiger partial charge in [0.25, 0.3) is 0 Å². The summed E-state index contributed by atoms with van der Waals surface area (Å²) in [6.07, 6.45) is 2.58. The Hall–Kier alpha value is -0.820. The van der Waals surface area contributed by atoms with E-state index in [0.717, 1.165) is 11.8 Å². The average Bonchev–Trinajstić information content (AvgIpc) is 2.30. The van der Waals surface area contributed by atoms with Gasteiger partial charge in [-0.2, -0.15) is 0 Å².